The smallest absolute Gasteiger partial charge is 0.271 e. The van der Waals surface area contributed by atoms with Gasteiger partial charge in [-0.2, -0.15) is 5.10 Å². The number of rotatable bonds is 4. The second-order valence-corrected chi connectivity index (χ2v) is 6.32. The quantitative estimate of drug-likeness (QED) is 0.782. The number of hydrogen-bond donors (Lipinski definition) is 1. The third kappa shape index (κ3) is 3.52. The fourth-order valence-electron chi connectivity index (χ4n) is 3.10. The molecule has 6 nitrogen and oxygen atoms in total. The summed E-state index contributed by atoms with van der Waals surface area (Å²) in [4.78, 5) is 16.8. The number of piperazine rings is 1. The van der Waals surface area contributed by atoms with Crippen LogP contribution in [0, 0.1) is 5.82 Å². The van der Waals surface area contributed by atoms with E-state index in [4.69, 9.17) is 4.42 Å². The minimum absolute atomic E-state index is 0.0662. The monoisotopic (exact) mass is 354 g/mol. The van der Waals surface area contributed by atoms with Crippen LogP contribution >= 0.6 is 0 Å². The molecule has 3 aromatic rings. The number of nitrogens with zero attached hydrogens (tertiary/aromatic N) is 3. The predicted octanol–water partition coefficient (Wildman–Crippen LogP) is 2.77. The summed E-state index contributed by atoms with van der Waals surface area (Å²) in [5, 5.41) is 6.98. The van der Waals surface area contributed by atoms with Gasteiger partial charge in [0.2, 0.25) is 0 Å². The van der Waals surface area contributed by atoms with Gasteiger partial charge in [0, 0.05) is 31.7 Å². The largest absolute Gasteiger partial charge is 0.468 e. The van der Waals surface area contributed by atoms with Gasteiger partial charge in [-0.15, -0.1) is 0 Å². The Kier molecular flexibility index (Phi) is 4.53. The maximum absolute atomic E-state index is 13.0. The highest BCUT2D eigenvalue weighted by atomic mass is 19.1. The normalized spacial score (nSPS) is 15.3. The van der Waals surface area contributed by atoms with Crippen LogP contribution < -0.4 is 0 Å². The van der Waals surface area contributed by atoms with Gasteiger partial charge < -0.3 is 9.32 Å². The van der Waals surface area contributed by atoms with Gasteiger partial charge in [-0.1, -0.05) is 0 Å². The van der Waals surface area contributed by atoms with Crippen LogP contribution in [0.4, 0.5) is 4.39 Å². The zero-order valence-corrected chi connectivity index (χ0v) is 14.2. The highest BCUT2D eigenvalue weighted by Crippen LogP contribution is 2.19. The average Bonchev–Trinajstić information content (AvgIpc) is 3.34. The maximum atomic E-state index is 13.0. The third-order valence-electron chi connectivity index (χ3n) is 4.57. The summed E-state index contributed by atoms with van der Waals surface area (Å²) < 4.78 is 18.4. The van der Waals surface area contributed by atoms with Crippen molar-refractivity contribution >= 4 is 5.91 Å². The van der Waals surface area contributed by atoms with E-state index in [0.29, 0.717) is 24.5 Å². The van der Waals surface area contributed by atoms with Crippen LogP contribution in [0.3, 0.4) is 0 Å². The van der Waals surface area contributed by atoms with E-state index in [1.54, 1.807) is 24.5 Å². The van der Waals surface area contributed by atoms with Crippen molar-refractivity contribution in [1.82, 2.24) is 20.0 Å². The van der Waals surface area contributed by atoms with E-state index < -0.39 is 0 Å². The molecule has 7 heteroatoms. The van der Waals surface area contributed by atoms with Gasteiger partial charge in [0.25, 0.3) is 5.91 Å². The molecule has 2 aromatic heterocycles. The van der Waals surface area contributed by atoms with Crippen molar-refractivity contribution in [1.29, 1.82) is 0 Å². The first kappa shape index (κ1) is 16.5. The van der Waals surface area contributed by atoms with Gasteiger partial charge in [-0.25, -0.2) is 4.39 Å². The lowest BCUT2D eigenvalue weighted by Gasteiger charge is -2.33. The van der Waals surface area contributed by atoms with E-state index in [9.17, 15) is 9.18 Å². The van der Waals surface area contributed by atoms with Crippen molar-refractivity contribution in [2.75, 3.05) is 26.2 Å². The molecule has 1 aliphatic rings. The molecule has 1 N–H and O–H groups in total. The maximum Gasteiger partial charge on any atom is 0.271 e. The fourth-order valence-corrected chi connectivity index (χ4v) is 3.10. The number of amides is 1. The van der Waals surface area contributed by atoms with E-state index in [-0.39, 0.29) is 11.7 Å². The number of benzene rings is 1. The highest BCUT2D eigenvalue weighted by Gasteiger charge is 2.24. The van der Waals surface area contributed by atoms with Crippen molar-refractivity contribution in [3.8, 4) is 11.3 Å². The summed E-state index contributed by atoms with van der Waals surface area (Å²) in [6.07, 6.45) is 1.67. The van der Waals surface area contributed by atoms with Crippen molar-refractivity contribution < 1.29 is 13.6 Å². The lowest BCUT2D eigenvalue weighted by atomic mass is 10.1. The molecule has 1 aromatic carbocycles. The Bertz CT molecular complexity index is 865. The minimum Gasteiger partial charge on any atom is -0.468 e. The predicted molar refractivity (Wildman–Crippen MR) is 93.9 cm³/mol. The third-order valence-corrected chi connectivity index (χ3v) is 4.57. The van der Waals surface area contributed by atoms with Crippen LogP contribution in [0.25, 0.3) is 11.3 Å². The summed E-state index contributed by atoms with van der Waals surface area (Å²) in [6.45, 7) is 3.67. The number of furan rings is 1. The number of aromatic nitrogens is 2. The van der Waals surface area contributed by atoms with E-state index >= 15 is 0 Å². The Morgan fingerprint density at radius 1 is 1.15 bits per heavy atom. The SMILES string of the molecule is O=C(c1cc(-c2ccc(F)cc2)n[nH]1)N1CCN(Cc2ccco2)CC1. The molecule has 4 rings (SSSR count). The first-order chi connectivity index (χ1) is 12.7. The molecule has 0 spiro atoms. The Morgan fingerprint density at radius 3 is 2.62 bits per heavy atom. The Morgan fingerprint density at radius 2 is 1.92 bits per heavy atom. The van der Waals surface area contributed by atoms with Gasteiger partial charge in [0.05, 0.1) is 18.5 Å². The van der Waals surface area contributed by atoms with Crippen LogP contribution in [0.1, 0.15) is 16.2 Å². The molecule has 1 amide bonds. The van der Waals surface area contributed by atoms with Crippen molar-refractivity contribution in [3.05, 3.63) is 66.0 Å². The van der Waals surface area contributed by atoms with Gasteiger partial charge in [0.15, 0.2) is 0 Å². The number of hydrogen-bond acceptors (Lipinski definition) is 4. The number of halogens is 1. The highest BCUT2D eigenvalue weighted by molar-refractivity contribution is 5.93. The molecule has 0 radical (unpaired) electrons. The van der Waals surface area contributed by atoms with Crippen molar-refractivity contribution in [2.45, 2.75) is 6.54 Å². The molecule has 1 saturated heterocycles. The Balaban J connectivity index is 1.37. The van der Waals surface area contributed by atoms with Crippen LogP contribution in [-0.4, -0.2) is 52.1 Å². The molecular formula is C19H19FN4O2. The number of H-pyrrole nitrogens is 1. The molecule has 134 valence electrons. The molecule has 1 aliphatic heterocycles. The number of carbonyl (C=O) groups excluding carboxylic acids is 1. The summed E-state index contributed by atoms with van der Waals surface area (Å²) in [5.41, 5.74) is 1.85. The first-order valence-electron chi connectivity index (χ1n) is 8.54. The second kappa shape index (κ2) is 7.13. The molecule has 1 fully saturated rings. The molecule has 0 saturated carbocycles. The van der Waals surface area contributed by atoms with Crippen molar-refractivity contribution in [3.63, 3.8) is 0 Å². The summed E-state index contributed by atoms with van der Waals surface area (Å²) >= 11 is 0. The molecule has 0 bridgehead atoms. The zero-order chi connectivity index (χ0) is 17.9. The standard InChI is InChI=1S/C19H19FN4O2/c20-15-5-3-14(4-6-15)17-12-18(22-21-17)19(25)24-9-7-23(8-10-24)13-16-2-1-11-26-16/h1-6,11-12H,7-10,13H2,(H,21,22). The van der Waals surface area contributed by atoms with Crippen molar-refractivity contribution in [2.24, 2.45) is 0 Å². The van der Waals surface area contributed by atoms with E-state index in [1.165, 1.54) is 12.1 Å². The van der Waals surface area contributed by atoms with Gasteiger partial charge >= 0.3 is 0 Å². The van der Waals surface area contributed by atoms with Gasteiger partial charge in [-0.05, 0) is 42.5 Å². The molecule has 0 unspecified atom stereocenters. The summed E-state index contributed by atoms with van der Waals surface area (Å²) in [5.74, 6) is 0.568. The molecule has 0 aliphatic carbocycles. The Labute approximate surface area is 150 Å². The summed E-state index contributed by atoms with van der Waals surface area (Å²) in [7, 11) is 0. The van der Waals surface area contributed by atoms with E-state index in [1.807, 2.05) is 17.0 Å². The van der Waals surface area contributed by atoms with Gasteiger partial charge in [0.1, 0.15) is 17.3 Å². The molecule has 0 atom stereocenters. The average molecular weight is 354 g/mol. The lowest BCUT2D eigenvalue weighted by molar-refractivity contribution is 0.0614. The fraction of sp³-hybridized carbons (Fsp3) is 0.263. The topological polar surface area (TPSA) is 65.4 Å². The lowest BCUT2D eigenvalue weighted by Crippen LogP contribution is -2.48. The number of aromatic amines is 1. The van der Waals surface area contributed by atoms with E-state index in [0.717, 1.165) is 31.0 Å². The number of nitrogens with one attached hydrogen (secondary N) is 1. The zero-order valence-electron chi connectivity index (χ0n) is 14.2. The van der Waals surface area contributed by atoms with Crippen LogP contribution in [-0.2, 0) is 6.54 Å². The Hall–Kier alpha value is -2.93. The number of carbonyl (C=O) groups is 1. The molecule has 3 heterocycles. The minimum atomic E-state index is -0.298. The molecular weight excluding hydrogens is 335 g/mol. The van der Waals surface area contributed by atoms with Gasteiger partial charge in [-0.3, -0.25) is 14.8 Å². The van der Waals surface area contributed by atoms with Crippen LogP contribution in [0.2, 0.25) is 0 Å². The molecule has 26 heavy (non-hydrogen) atoms. The van der Waals surface area contributed by atoms with Crippen LogP contribution in [0.15, 0.2) is 53.1 Å². The second-order valence-electron chi connectivity index (χ2n) is 6.32. The van der Waals surface area contributed by atoms with E-state index in [2.05, 4.69) is 15.1 Å². The van der Waals surface area contributed by atoms with Crippen LogP contribution in [0.5, 0.6) is 0 Å². The summed E-state index contributed by atoms with van der Waals surface area (Å²) in [6, 6.07) is 11.6. The first-order valence-corrected chi connectivity index (χ1v) is 8.54.